The average Bonchev–Trinajstić information content (AvgIpc) is 2.39. The molecule has 1 aliphatic heterocycles. The monoisotopic (exact) mass is 414 g/mol. The molecule has 0 spiro atoms. The maximum absolute atomic E-state index is 13.7. The van der Waals surface area contributed by atoms with Crippen LogP contribution < -0.4 is 5.32 Å². The lowest BCUT2D eigenvalue weighted by Gasteiger charge is -2.43. The second kappa shape index (κ2) is 8.69. The maximum Gasteiger partial charge on any atom is 0.134 e. The van der Waals surface area contributed by atoms with Gasteiger partial charge in [-0.25, -0.2) is 4.39 Å². The van der Waals surface area contributed by atoms with Crippen LogP contribution in [0.3, 0.4) is 0 Å². The third-order valence-electron chi connectivity index (χ3n) is 4.52. The Balaban J connectivity index is 0.00000121. The number of halogens is 4. The zero-order valence-electron chi connectivity index (χ0n) is 12.2. The fourth-order valence-electron chi connectivity index (χ4n) is 3.28. The highest BCUT2D eigenvalue weighted by Gasteiger charge is 2.35. The van der Waals surface area contributed by atoms with Gasteiger partial charge in [0.1, 0.15) is 11.6 Å². The zero-order chi connectivity index (χ0) is 14.1. The van der Waals surface area contributed by atoms with Crippen LogP contribution in [0.15, 0.2) is 16.6 Å². The largest absolute Gasteiger partial charge is 0.506 e. The molecule has 0 amide bonds. The third-order valence-corrected chi connectivity index (χ3v) is 5.12. The Kier molecular flexibility index (Phi) is 7.89. The van der Waals surface area contributed by atoms with E-state index in [2.05, 4.69) is 26.1 Å². The van der Waals surface area contributed by atoms with Crippen LogP contribution in [0.5, 0.6) is 5.75 Å². The van der Waals surface area contributed by atoms with Gasteiger partial charge < -0.3 is 10.4 Å². The zero-order valence-corrected chi connectivity index (χ0v) is 15.4. The number of phenolic OH excluding ortho intramolecular Hbond substituents is 1. The summed E-state index contributed by atoms with van der Waals surface area (Å²) in [7, 11) is 0. The number of rotatable bonds is 3. The number of aromatic hydroxyl groups is 1. The van der Waals surface area contributed by atoms with Gasteiger partial charge in [-0.2, -0.15) is 0 Å². The predicted molar refractivity (Wildman–Crippen MR) is 94.8 cm³/mol. The number of benzene rings is 1. The molecule has 1 aromatic carbocycles. The minimum Gasteiger partial charge on any atom is -0.506 e. The lowest BCUT2D eigenvalue weighted by molar-refractivity contribution is 0.0816. The fraction of sp³-hybridized carbons (Fsp3) is 0.600. The SMILES string of the molecule is Cl.Cl.Oc1c(Br)cc(F)cc1[C@@H](C1CCC1)N1CCNCC1. The van der Waals surface area contributed by atoms with Crippen molar-refractivity contribution in [3.05, 3.63) is 28.0 Å². The van der Waals surface area contributed by atoms with Crippen LogP contribution in [-0.4, -0.2) is 36.2 Å². The maximum atomic E-state index is 13.7. The van der Waals surface area contributed by atoms with E-state index in [9.17, 15) is 9.50 Å². The van der Waals surface area contributed by atoms with Crippen LogP contribution in [-0.2, 0) is 0 Å². The molecule has 0 bridgehead atoms. The Hall–Kier alpha value is -0.0700. The van der Waals surface area contributed by atoms with Gasteiger partial charge in [-0.05, 0) is 46.8 Å². The Labute approximate surface area is 151 Å². The van der Waals surface area contributed by atoms with Crippen molar-refractivity contribution in [2.24, 2.45) is 5.92 Å². The molecule has 22 heavy (non-hydrogen) atoms. The smallest absolute Gasteiger partial charge is 0.134 e. The molecule has 1 saturated carbocycles. The molecule has 0 aromatic heterocycles. The highest BCUT2D eigenvalue weighted by Crippen LogP contribution is 2.45. The second-order valence-electron chi connectivity index (χ2n) is 5.75. The first-order valence-corrected chi connectivity index (χ1v) is 8.09. The predicted octanol–water partition coefficient (Wildman–Crippen LogP) is 3.88. The van der Waals surface area contributed by atoms with E-state index in [1.807, 2.05) is 0 Å². The number of piperazine rings is 1. The van der Waals surface area contributed by atoms with Gasteiger partial charge in [0.25, 0.3) is 0 Å². The van der Waals surface area contributed by atoms with Crippen LogP contribution in [0.2, 0.25) is 0 Å². The van der Waals surface area contributed by atoms with Crippen molar-refractivity contribution in [2.75, 3.05) is 26.2 Å². The lowest BCUT2D eigenvalue weighted by Crippen LogP contribution is -2.47. The van der Waals surface area contributed by atoms with E-state index in [1.54, 1.807) is 0 Å². The van der Waals surface area contributed by atoms with Gasteiger partial charge in [0.15, 0.2) is 0 Å². The van der Waals surface area contributed by atoms with Gasteiger partial charge >= 0.3 is 0 Å². The molecule has 126 valence electrons. The summed E-state index contributed by atoms with van der Waals surface area (Å²) in [6, 6.07) is 2.97. The quantitative estimate of drug-likeness (QED) is 0.786. The van der Waals surface area contributed by atoms with Crippen LogP contribution in [0.1, 0.15) is 30.9 Å². The van der Waals surface area contributed by atoms with Gasteiger partial charge in [-0.15, -0.1) is 24.8 Å². The molecule has 2 fully saturated rings. The van der Waals surface area contributed by atoms with Crippen molar-refractivity contribution < 1.29 is 9.50 Å². The normalized spacial score (nSPS) is 20.5. The standard InChI is InChI=1S/C15H20BrFN2O.2ClH/c16-13-9-11(17)8-12(15(13)20)14(10-2-1-3-10)19-6-4-18-5-7-19;;/h8-10,14,18,20H,1-7H2;2*1H/t14-;;/m1../s1. The van der Waals surface area contributed by atoms with Crippen LogP contribution in [0.4, 0.5) is 4.39 Å². The molecule has 1 atom stereocenters. The van der Waals surface area contributed by atoms with Gasteiger partial charge in [-0.1, -0.05) is 6.42 Å². The van der Waals surface area contributed by atoms with Crippen molar-refractivity contribution in [2.45, 2.75) is 25.3 Å². The molecule has 2 N–H and O–H groups in total. The number of phenols is 1. The van der Waals surface area contributed by atoms with Gasteiger partial charge in [0, 0.05) is 37.8 Å². The first-order chi connectivity index (χ1) is 9.66. The van der Waals surface area contributed by atoms with E-state index >= 15 is 0 Å². The van der Waals surface area contributed by atoms with E-state index in [0.717, 1.165) is 31.7 Å². The Bertz CT molecular complexity index is 497. The summed E-state index contributed by atoms with van der Waals surface area (Å²) in [6.45, 7) is 3.82. The van der Waals surface area contributed by atoms with Crippen molar-refractivity contribution in [3.63, 3.8) is 0 Å². The first kappa shape index (κ1) is 20.0. The summed E-state index contributed by atoms with van der Waals surface area (Å²) in [5.74, 6) is 0.443. The van der Waals surface area contributed by atoms with E-state index in [1.165, 1.54) is 31.4 Å². The molecule has 2 aliphatic rings. The molecule has 3 nitrogen and oxygen atoms in total. The van der Waals surface area contributed by atoms with Crippen molar-refractivity contribution in [3.8, 4) is 5.75 Å². The number of hydrogen-bond acceptors (Lipinski definition) is 3. The second-order valence-corrected chi connectivity index (χ2v) is 6.60. The van der Waals surface area contributed by atoms with Crippen LogP contribution in [0.25, 0.3) is 0 Å². The van der Waals surface area contributed by atoms with Crippen LogP contribution >= 0.6 is 40.7 Å². The fourth-order valence-corrected chi connectivity index (χ4v) is 3.72. The summed E-state index contributed by atoms with van der Waals surface area (Å²) < 4.78 is 14.2. The van der Waals surface area contributed by atoms with Crippen molar-refractivity contribution in [1.29, 1.82) is 0 Å². The molecule has 1 saturated heterocycles. The summed E-state index contributed by atoms with van der Waals surface area (Å²) in [5.41, 5.74) is 0.739. The summed E-state index contributed by atoms with van der Waals surface area (Å²) in [6.07, 6.45) is 3.58. The summed E-state index contributed by atoms with van der Waals surface area (Å²) in [5, 5.41) is 13.7. The summed E-state index contributed by atoms with van der Waals surface area (Å²) in [4.78, 5) is 2.39. The van der Waals surface area contributed by atoms with E-state index < -0.39 is 0 Å². The highest BCUT2D eigenvalue weighted by atomic mass is 79.9. The van der Waals surface area contributed by atoms with E-state index in [0.29, 0.717) is 10.4 Å². The Morgan fingerprint density at radius 1 is 1.23 bits per heavy atom. The Morgan fingerprint density at radius 3 is 2.41 bits per heavy atom. The van der Waals surface area contributed by atoms with Crippen LogP contribution in [0, 0.1) is 11.7 Å². The molecule has 1 aromatic rings. The minimum atomic E-state index is -0.288. The van der Waals surface area contributed by atoms with Gasteiger partial charge in [0.2, 0.25) is 0 Å². The highest BCUT2D eigenvalue weighted by molar-refractivity contribution is 9.10. The van der Waals surface area contributed by atoms with E-state index in [4.69, 9.17) is 0 Å². The molecule has 7 heteroatoms. The van der Waals surface area contributed by atoms with Gasteiger partial charge in [0.05, 0.1) is 4.47 Å². The third kappa shape index (κ3) is 4.06. The molecule has 0 unspecified atom stereocenters. The van der Waals surface area contributed by atoms with Crippen molar-refractivity contribution >= 4 is 40.7 Å². The topological polar surface area (TPSA) is 35.5 Å². The first-order valence-electron chi connectivity index (χ1n) is 7.29. The van der Waals surface area contributed by atoms with E-state index in [-0.39, 0.29) is 42.4 Å². The minimum absolute atomic E-state index is 0. The average molecular weight is 416 g/mol. The number of nitrogens with one attached hydrogen (secondary N) is 1. The molecule has 0 radical (unpaired) electrons. The molecular formula is C15H22BrCl2FN2O. The Morgan fingerprint density at radius 2 is 1.86 bits per heavy atom. The van der Waals surface area contributed by atoms with Crippen molar-refractivity contribution in [1.82, 2.24) is 10.2 Å². The summed E-state index contributed by atoms with van der Waals surface area (Å²) >= 11 is 3.26. The molecular weight excluding hydrogens is 394 g/mol. The number of nitrogens with zero attached hydrogens (tertiary/aromatic N) is 1. The molecule has 1 aliphatic carbocycles. The molecule has 1 heterocycles. The van der Waals surface area contributed by atoms with Gasteiger partial charge in [-0.3, -0.25) is 4.90 Å². The number of hydrogen-bond donors (Lipinski definition) is 2. The lowest BCUT2D eigenvalue weighted by atomic mass is 9.76. The molecule has 3 rings (SSSR count).